The molecule has 0 radical (unpaired) electrons. The topological polar surface area (TPSA) is 79.5 Å². The lowest BCUT2D eigenvalue weighted by molar-refractivity contribution is -0.147. The summed E-state index contributed by atoms with van der Waals surface area (Å²) in [6, 6.07) is 16.7. The van der Waals surface area contributed by atoms with Crippen molar-refractivity contribution in [3.63, 3.8) is 0 Å². The van der Waals surface area contributed by atoms with Gasteiger partial charge in [-0.05, 0) is 36.5 Å². The van der Waals surface area contributed by atoms with Crippen LogP contribution < -0.4 is 0 Å². The van der Waals surface area contributed by atoms with E-state index in [2.05, 4.69) is 28.3 Å². The van der Waals surface area contributed by atoms with Crippen LogP contribution in [-0.4, -0.2) is 39.2 Å². The summed E-state index contributed by atoms with van der Waals surface area (Å²) in [5, 5.41) is 14.3. The summed E-state index contributed by atoms with van der Waals surface area (Å²) in [6.07, 6.45) is 1.87. The Balaban J connectivity index is 1.26. The van der Waals surface area contributed by atoms with Gasteiger partial charge < -0.3 is 9.63 Å². The fraction of sp³-hybridized carbons (Fsp3) is 0.269. The Morgan fingerprint density at radius 2 is 2.00 bits per heavy atom. The van der Waals surface area contributed by atoms with E-state index in [9.17, 15) is 4.79 Å². The second kappa shape index (κ2) is 7.93. The van der Waals surface area contributed by atoms with Crippen LogP contribution in [0.15, 0.2) is 53.1 Å². The summed E-state index contributed by atoms with van der Waals surface area (Å²) in [7, 11) is 0. The number of carboxylic acids is 1. The van der Waals surface area contributed by atoms with Gasteiger partial charge in [0.25, 0.3) is 0 Å². The number of aromatic nitrogens is 2. The molecule has 1 N–H and O–H groups in total. The number of carboxylic acid groups (broad SMARTS) is 1. The summed E-state index contributed by atoms with van der Waals surface area (Å²) in [5.74, 6) is -0.164. The predicted octanol–water partition coefficient (Wildman–Crippen LogP) is 5.06. The van der Waals surface area contributed by atoms with Crippen molar-refractivity contribution >= 4 is 17.3 Å². The highest BCUT2D eigenvalue weighted by atomic mass is 32.1. The summed E-state index contributed by atoms with van der Waals surface area (Å²) < 4.78 is 5.76. The molecule has 166 valence electrons. The Kier molecular flexibility index (Phi) is 4.89. The fourth-order valence-corrected chi connectivity index (χ4v) is 5.98. The van der Waals surface area contributed by atoms with E-state index < -0.39 is 5.97 Å². The zero-order valence-corrected chi connectivity index (χ0v) is 19.1. The van der Waals surface area contributed by atoms with Crippen molar-refractivity contribution in [1.82, 2.24) is 15.0 Å². The highest BCUT2D eigenvalue weighted by Crippen LogP contribution is 2.43. The SMILES string of the molecule is Cc1c(-c2ccccc2)noc1-c1nc2c(s1)-c1ccc(CN3CC(C(=O)O)C3)cc1CC2. The van der Waals surface area contributed by atoms with Gasteiger partial charge in [0.15, 0.2) is 10.8 Å². The number of fused-ring (bicyclic) bond motifs is 3. The van der Waals surface area contributed by atoms with E-state index in [4.69, 9.17) is 14.6 Å². The third-order valence-corrected chi connectivity index (χ3v) is 7.75. The largest absolute Gasteiger partial charge is 0.481 e. The number of aryl methyl sites for hydroxylation is 2. The Labute approximate surface area is 195 Å². The van der Waals surface area contributed by atoms with Crippen molar-refractivity contribution in [3.05, 3.63) is 70.9 Å². The molecule has 0 atom stereocenters. The van der Waals surface area contributed by atoms with Gasteiger partial charge in [0.05, 0.1) is 16.5 Å². The second-order valence-electron chi connectivity index (χ2n) is 8.87. The Morgan fingerprint density at radius 3 is 2.79 bits per heavy atom. The van der Waals surface area contributed by atoms with Gasteiger partial charge in [0.2, 0.25) is 0 Å². The van der Waals surface area contributed by atoms with Gasteiger partial charge in [-0.25, -0.2) is 4.98 Å². The molecule has 33 heavy (non-hydrogen) atoms. The van der Waals surface area contributed by atoms with Crippen LogP contribution in [0.3, 0.4) is 0 Å². The van der Waals surface area contributed by atoms with E-state index in [1.807, 2.05) is 37.3 Å². The van der Waals surface area contributed by atoms with Crippen molar-refractivity contribution in [2.75, 3.05) is 13.1 Å². The van der Waals surface area contributed by atoms with Crippen molar-refractivity contribution < 1.29 is 14.4 Å². The maximum absolute atomic E-state index is 11.0. The average molecular weight is 458 g/mol. The number of likely N-dealkylation sites (tertiary alicyclic amines) is 1. The molecule has 0 amide bonds. The van der Waals surface area contributed by atoms with Gasteiger partial charge >= 0.3 is 5.97 Å². The van der Waals surface area contributed by atoms with Crippen molar-refractivity contribution in [3.8, 4) is 32.5 Å². The molecule has 0 spiro atoms. The van der Waals surface area contributed by atoms with Crippen LogP contribution in [0.5, 0.6) is 0 Å². The molecule has 7 heteroatoms. The highest BCUT2D eigenvalue weighted by molar-refractivity contribution is 7.18. The van der Waals surface area contributed by atoms with E-state index in [1.54, 1.807) is 11.3 Å². The molecule has 1 aliphatic heterocycles. The second-order valence-corrected chi connectivity index (χ2v) is 9.87. The van der Waals surface area contributed by atoms with Crippen LogP contribution >= 0.6 is 11.3 Å². The zero-order valence-electron chi connectivity index (χ0n) is 18.2. The minimum Gasteiger partial charge on any atom is -0.481 e. The van der Waals surface area contributed by atoms with E-state index in [0.29, 0.717) is 13.1 Å². The Bertz CT molecular complexity index is 1350. The van der Waals surface area contributed by atoms with E-state index in [-0.39, 0.29) is 5.92 Å². The number of benzene rings is 2. The van der Waals surface area contributed by atoms with Gasteiger partial charge in [-0.15, -0.1) is 11.3 Å². The number of hydrogen-bond donors (Lipinski definition) is 1. The average Bonchev–Trinajstić information content (AvgIpc) is 3.39. The number of thiazole rings is 1. The van der Waals surface area contributed by atoms with Crippen LogP contribution in [0.25, 0.3) is 32.5 Å². The van der Waals surface area contributed by atoms with Gasteiger partial charge in [-0.1, -0.05) is 53.7 Å². The Morgan fingerprint density at radius 1 is 1.18 bits per heavy atom. The van der Waals surface area contributed by atoms with Gasteiger partial charge in [-0.2, -0.15) is 0 Å². The first-order valence-electron chi connectivity index (χ1n) is 11.2. The first kappa shape index (κ1) is 20.3. The lowest BCUT2D eigenvalue weighted by Crippen LogP contribution is -2.49. The van der Waals surface area contributed by atoms with Gasteiger partial charge in [0.1, 0.15) is 5.69 Å². The molecule has 4 aromatic rings. The molecular weight excluding hydrogens is 434 g/mol. The van der Waals surface area contributed by atoms with Crippen molar-refractivity contribution in [2.24, 2.45) is 5.92 Å². The molecule has 2 aromatic carbocycles. The standard InChI is InChI=1S/C26H23N3O3S/c1-15-22(17-5-3-2-4-6-17)28-32-23(15)25-27-21-10-8-18-11-16(7-9-20(18)24(21)33-25)12-29-13-19(14-29)26(30)31/h2-7,9,11,19H,8,10,12-14H2,1H3,(H,30,31). The number of carbonyl (C=O) groups is 1. The van der Waals surface area contributed by atoms with E-state index >= 15 is 0 Å². The molecule has 2 aliphatic rings. The molecule has 0 unspecified atom stereocenters. The number of hydrogen-bond acceptors (Lipinski definition) is 6. The lowest BCUT2D eigenvalue weighted by Gasteiger charge is -2.36. The first-order valence-corrected chi connectivity index (χ1v) is 12.0. The minimum atomic E-state index is -0.692. The molecule has 3 heterocycles. The molecule has 1 saturated heterocycles. The molecule has 2 aromatic heterocycles. The molecule has 1 fully saturated rings. The van der Waals surface area contributed by atoms with Crippen LogP contribution in [-0.2, 0) is 24.2 Å². The molecule has 6 rings (SSSR count). The van der Waals surface area contributed by atoms with Crippen LogP contribution in [0.4, 0.5) is 0 Å². The lowest BCUT2D eigenvalue weighted by atomic mass is 9.91. The maximum Gasteiger partial charge on any atom is 0.309 e. The number of aliphatic carboxylic acids is 1. The third-order valence-electron chi connectivity index (χ3n) is 6.62. The van der Waals surface area contributed by atoms with E-state index in [0.717, 1.165) is 52.7 Å². The van der Waals surface area contributed by atoms with Crippen molar-refractivity contribution in [1.29, 1.82) is 0 Å². The zero-order chi connectivity index (χ0) is 22.5. The molecule has 6 nitrogen and oxygen atoms in total. The maximum atomic E-state index is 11.0. The van der Waals surface area contributed by atoms with Gasteiger partial charge in [0, 0.05) is 30.8 Å². The molecular formula is C26H23N3O3S. The quantitative estimate of drug-likeness (QED) is 0.452. The highest BCUT2D eigenvalue weighted by Gasteiger charge is 2.32. The van der Waals surface area contributed by atoms with Crippen molar-refractivity contribution in [2.45, 2.75) is 26.3 Å². The first-order chi connectivity index (χ1) is 16.1. The number of nitrogens with zero attached hydrogens (tertiary/aromatic N) is 3. The Hall–Kier alpha value is -3.29. The monoisotopic (exact) mass is 457 g/mol. The predicted molar refractivity (Wildman–Crippen MR) is 127 cm³/mol. The minimum absolute atomic E-state index is 0.220. The normalized spacial score (nSPS) is 15.7. The molecule has 0 saturated carbocycles. The fourth-order valence-electron chi connectivity index (χ4n) is 4.77. The van der Waals surface area contributed by atoms with Crippen LogP contribution in [0, 0.1) is 12.8 Å². The summed E-state index contributed by atoms with van der Waals surface area (Å²) in [6.45, 7) is 4.11. The molecule has 0 bridgehead atoms. The van der Waals surface area contributed by atoms with Crippen LogP contribution in [0.1, 0.15) is 22.4 Å². The molecule has 1 aliphatic carbocycles. The summed E-state index contributed by atoms with van der Waals surface area (Å²) in [4.78, 5) is 19.4. The number of rotatable bonds is 5. The smallest absolute Gasteiger partial charge is 0.309 e. The summed E-state index contributed by atoms with van der Waals surface area (Å²) in [5.41, 5.74) is 7.86. The summed E-state index contributed by atoms with van der Waals surface area (Å²) >= 11 is 1.67. The van der Waals surface area contributed by atoms with E-state index in [1.165, 1.54) is 21.6 Å². The van der Waals surface area contributed by atoms with Crippen LogP contribution in [0.2, 0.25) is 0 Å². The third kappa shape index (κ3) is 3.57. The van der Waals surface area contributed by atoms with Gasteiger partial charge in [-0.3, -0.25) is 9.69 Å².